The normalized spacial score (nSPS) is 22.4. The molecule has 0 spiro atoms. The largest absolute Gasteiger partial charge is 0.507 e. The van der Waals surface area contributed by atoms with Crippen molar-refractivity contribution in [3.63, 3.8) is 0 Å². The van der Waals surface area contributed by atoms with Gasteiger partial charge in [0.2, 0.25) is 0 Å². The van der Waals surface area contributed by atoms with Crippen LogP contribution >= 0.6 is 11.3 Å². The molecule has 1 saturated heterocycles. The van der Waals surface area contributed by atoms with E-state index in [0.29, 0.717) is 17.2 Å². The van der Waals surface area contributed by atoms with Crippen molar-refractivity contribution in [2.75, 3.05) is 13.2 Å². The lowest BCUT2D eigenvalue weighted by atomic mass is 9.87. The van der Waals surface area contributed by atoms with Crippen molar-refractivity contribution in [3.8, 4) is 5.75 Å². The van der Waals surface area contributed by atoms with Gasteiger partial charge >= 0.3 is 5.63 Å². The Morgan fingerprint density at radius 3 is 2.85 bits per heavy atom. The van der Waals surface area contributed by atoms with Gasteiger partial charge in [-0.15, -0.1) is 11.3 Å². The van der Waals surface area contributed by atoms with E-state index in [1.165, 1.54) is 12.8 Å². The van der Waals surface area contributed by atoms with Gasteiger partial charge in [0.25, 0.3) is 0 Å². The lowest BCUT2D eigenvalue weighted by molar-refractivity contribution is 0.177. The predicted octanol–water partition coefficient (Wildman–Crippen LogP) is 4.70. The summed E-state index contributed by atoms with van der Waals surface area (Å²) in [7, 11) is 0. The van der Waals surface area contributed by atoms with Crippen molar-refractivity contribution >= 4 is 11.3 Å². The van der Waals surface area contributed by atoms with Gasteiger partial charge in [-0.25, -0.2) is 4.79 Å². The van der Waals surface area contributed by atoms with Crippen LogP contribution in [0.4, 0.5) is 0 Å². The second-order valence-electron chi connectivity index (χ2n) is 7.89. The monoisotopic (exact) mass is 374 g/mol. The van der Waals surface area contributed by atoms with E-state index in [0.717, 1.165) is 43.8 Å². The Bertz CT molecular complexity index is 798. The maximum Gasteiger partial charge on any atom is 0.343 e. The molecule has 4 rings (SSSR count). The standard InChI is InChI=1S/C21H26O4S/c1-2-16(18-4-3-9-26-18)19-17(22)10-15(25-20(19)23)12-21(6-7-21)11-14-5-8-24-13-14/h3-4,9-10,14,16,22H,2,5-8,11-13H2,1H3. The predicted molar refractivity (Wildman–Crippen MR) is 102 cm³/mol. The lowest BCUT2D eigenvalue weighted by Gasteiger charge is -2.19. The van der Waals surface area contributed by atoms with Crippen molar-refractivity contribution in [2.45, 2.75) is 51.4 Å². The summed E-state index contributed by atoms with van der Waals surface area (Å²) in [6, 6.07) is 5.66. The Balaban J connectivity index is 1.55. The van der Waals surface area contributed by atoms with E-state index in [-0.39, 0.29) is 22.7 Å². The molecule has 2 atom stereocenters. The molecule has 2 fully saturated rings. The molecule has 0 bridgehead atoms. The first kappa shape index (κ1) is 17.8. The van der Waals surface area contributed by atoms with Crippen LogP contribution in [-0.2, 0) is 11.2 Å². The molecule has 0 aromatic carbocycles. The highest BCUT2D eigenvalue weighted by atomic mass is 32.1. The molecule has 0 amide bonds. The summed E-state index contributed by atoms with van der Waals surface area (Å²) in [5.74, 6) is 1.22. The molecule has 2 aliphatic rings. The number of aromatic hydroxyl groups is 1. The summed E-state index contributed by atoms with van der Waals surface area (Å²) in [6.07, 6.45) is 6.10. The smallest absolute Gasteiger partial charge is 0.343 e. The average molecular weight is 375 g/mol. The number of thiophene rings is 1. The van der Waals surface area contributed by atoms with Crippen molar-refractivity contribution in [1.82, 2.24) is 0 Å². The van der Waals surface area contributed by atoms with Crippen molar-refractivity contribution in [1.29, 1.82) is 0 Å². The van der Waals surface area contributed by atoms with Crippen LogP contribution in [-0.4, -0.2) is 18.3 Å². The van der Waals surface area contributed by atoms with Crippen LogP contribution in [0.2, 0.25) is 0 Å². The van der Waals surface area contributed by atoms with Gasteiger partial charge in [-0.2, -0.15) is 0 Å². The summed E-state index contributed by atoms with van der Waals surface area (Å²) in [5.41, 5.74) is 0.244. The van der Waals surface area contributed by atoms with Gasteiger partial charge in [-0.3, -0.25) is 0 Å². The number of rotatable bonds is 7. The Kier molecular flexibility index (Phi) is 4.93. The summed E-state index contributed by atoms with van der Waals surface area (Å²) < 4.78 is 11.2. The highest BCUT2D eigenvalue weighted by Gasteiger charge is 2.45. The fourth-order valence-electron chi connectivity index (χ4n) is 4.34. The quantitative estimate of drug-likeness (QED) is 0.763. The topological polar surface area (TPSA) is 59.7 Å². The molecular weight excluding hydrogens is 348 g/mol. The fourth-order valence-corrected chi connectivity index (χ4v) is 5.26. The van der Waals surface area contributed by atoms with Gasteiger partial charge < -0.3 is 14.3 Å². The minimum absolute atomic E-state index is 0.0801. The zero-order valence-electron chi connectivity index (χ0n) is 15.2. The van der Waals surface area contributed by atoms with Crippen molar-refractivity contribution in [3.05, 3.63) is 50.2 Å². The summed E-state index contributed by atoms with van der Waals surface area (Å²) in [4.78, 5) is 13.8. The Hall–Kier alpha value is -1.59. The van der Waals surface area contributed by atoms with Crippen molar-refractivity contribution in [2.24, 2.45) is 11.3 Å². The van der Waals surface area contributed by atoms with E-state index in [1.807, 2.05) is 24.4 Å². The molecule has 5 heteroatoms. The highest BCUT2D eigenvalue weighted by Crippen LogP contribution is 2.54. The first-order valence-corrected chi connectivity index (χ1v) is 10.5. The summed E-state index contributed by atoms with van der Waals surface area (Å²) in [6.45, 7) is 3.75. The maximum atomic E-state index is 12.7. The van der Waals surface area contributed by atoms with E-state index in [2.05, 4.69) is 0 Å². The molecule has 140 valence electrons. The van der Waals surface area contributed by atoms with Gasteiger partial charge in [-0.1, -0.05) is 13.0 Å². The Labute approximate surface area is 157 Å². The highest BCUT2D eigenvalue weighted by molar-refractivity contribution is 7.10. The number of hydrogen-bond acceptors (Lipinski definition) is 5. The van der Waals surface area contributed by atoms with Crippen LogP contribution < -0.4 is 5.63 Å². The van der Waals surface area contributed by atoms with Crippen LogP contribution in [0.15, 0.2) is 32.8 Å². The molecule has 4 nitrogen and oxygen atoms in total. The first-order valence-electron chi connectivity index (χ1n) is 9.57. The summed E-state index contributed by atoms with van der Waals surface area (Å²) in [5, 5.41) is 12.6. The van der Waals surface area contributed by atoms with E-state index >= 15 is 0 Å². The first-order chi connectivity index (χ1) is 12.6. The number of hydrogen-bond donors (Lipinski definition) is 1. The third-order valence-corrected chi connectivity index (χ3v) is 6.90. The van der Waals surface area contributed by atoms with Crippen LogP contribution in [0.25, 0.3) is 0 Å². The molecule has 0 radical (unpaired) electrons. The van der Waals surface area contributed by atoms with E-state index in [1.54, 1.807) is 17.4 Å². The zero-order valence-corrected chi connectivity index (χ0v) is 16.0. The molecule has 26 heavy (non-hydrogen) atoms. The van der Waals surface area contributed by atoms with E-state index < -0.39 is 0 Å². The van der Waals surface area contributed by atoms with Crippen LogP contribution in [0.3, 0.4) is 0 Å². The average Bonchev–Trinajstić information content (AvgIpc) is 3.03. The van der Waals surface area contributed by atoms with Gasteiger partial charge in [-0.05, 0) is 54.9 Å². The minimum atomic E-state index is -0.389. The minimum Gasteiger partial charge on any atom is -0.507 e. The van der Waals surface area contributed by atoms with E-state index in [9.17, 15) is 9.90 Å². The third-order valence-electron chi connectivity index (χ3n) is 5.91. The summed E-state index contributed by atoms with van der Waals surface area (Å²) >= 11 is 1.61. The number of ether oxygens (including phenoxy) is 1. The molecule has 3 heterocycles. The van der Waals surface area contributed by atoms with Gasteiger partial charge in [0.05, 0.1) is 5.56 Å². The Morgan fingerprint density at radius 2 is 2.27 bits per heavy atom. The van der Waals surface area contributed by atoms with Crippen LogP contribution in [0.1, 0.15) is 61.1 Å². The van der Waals surface area contributed by atoms with Crippen LogP contribution in [0, 0.1) is 11.3 Å². The lowest BCUT2D eigenvalue weighted by Crippen LogP contribution is -2.17. The maximum absolute atomic E-state index is 12.7. The molecule has 2 aromatic rings. The van der Waals surface area contributed by atoms with Crippen LogP contribution in [0.5, 0.6) is 5.75 Å². The second kappa shape index (κ2) is 7.20. The molecular formula is C21H26O4S. The third kappa shape index (κ3) is 3.60. The fraction of sp³-hybridized carbons (Fsp3) is 0.571. The molecule has 1 saturated carbocycles. The molecule has 2 unspecified atom stereocenters. The molecule has 1 N–H and O–H groups in total. The van der Waals surface area contributed by atoms with Gasteiger partial charge in [0.1, 0.15) is 11.5 Å². The SMILES string of the molecule is CCC(c1cccs1)c1c(O)cc(CC2(CC3CCOC3)CC2)oc1=O. The zero-order chi connectivity index (χ0) is 18.1. The van der Waals surface area contributed by atoms with Crippen molar-refractivity contribution < 1.29 is 14.3 Å². The van der Waals surface area contributed by atoms with Gasteiger partial charge in [0, 0.05) is 36.5 Å². The van der Waals surface area contributed by atoms with Gasteiger partial charge in [0.15, 0.2) is 0 Å². The molecule has 1 aliphatic carbocycles. The molecule has 1 aliphatic heterocycles. The molecule has 2 aromatic heterocycles. The Morgan fingerprint density at radius 1 is 1.42 bits per heavy atom. The second-order valence-corrected chi connectivity index (χ2v) is 8.87. The van der Waals surface area contributed by atoms with E-state index in [4.69, 9.17) is 9.15 Å².